The second-order valence-electron chi connectivity index (χ2n) is 5.38. The average molecular weight is 353 g/mol. The third kappa shape index (κ3) is 3.94. The Hall–Kier alpha value is -3.48. The number of ether oxygens (including phenoxy) is 2. The van der Waals surface area contributed by atoms with E-state index >= 15 is 0 Å². The van der Waals surface area contributed by atoms with Gasteiger partial charge in [-0.3, -0.25) is 4.98 Å². The predicted octanol–water partition coefficient (Wildman–Crippen LogP) is 3.68. The molecule has 2 heterocycles. The van der Waals surface area contributed by atoms with E-state index < -0.39 is 0 Å². The van der Waals surface area contributed by atoms with Gasteiger partial charge in [-0.1, -0.05) is 6.07 Å². The maximum Gasteiger partial charge on any atom is 0.319 e. The number of pyridine rings is 1. The normalized spacial score (nSPS) is 10.2. The fourth-order valence-corrected chi connectivity index (χ4v) is 2.48. The first-order valence-corrected chi connectivity index (χ1v) is 7.96. The van der Waals surface area contributed by atoms with Gasteiger partial charge in [-0.2, -0.15) is 0 Å². The van der Waals surface area contributed by atoms with Crippen LogP contribution in [0.4, 0.5) is 10.5 Å². The largest absolute Gasteiger partial charge is 0.493 e. The molecule has 0 saturated heterocycles. The topological polar surface area (TPSA) is 85.6 Å². The lowest BCUT2D eigenvalue weighted by atomic mass is 10.2. The number of para-hydroxylation sites is 1. The molecule has 0 saturated carbocycles. The van der Waals surface area contributed by atoms with Crippen LogP contribution in [0.15, 0.2) is 59.3 Å². The molecule has 0 unspecified atom stereocenters. The zero-order chi connectivity index (χ0) is 18.4. The van der Waals surface area contributed by atoms with Gasteiger partial charge in [0.25, 0.3) is 0 Å². The molecule has 0 aliphatic heterocycles. The van der Waals surface area contributed by atoms with E-state index in [1.54, 1.807) is 43.8 Å². The van der Waals surface area contributed by atoms with Crippen molar-refractivity contribution in [3.05, 3.63) is 60.5 Å². The number of carbonyl (C=O) groups is 1. The number of hydrogen-bond acceptors (Lipinski definition) is 5. The molecule has 7 nitrogen and oxygen atoms in total. The number of furan rings is 1. The monoisotopic (exact) mass is 353 g/mol. The van der Waals surface area contributed by atoms with Crippen molar-refractivity contribution in [2.75, 3.05) is 19.5 Å². The van der Waals surface area contributed by atoms with Crippen LogP contribution in [-0.2, 0) is 6.54 Å². The summed E-state index contributed by atoms with van der Waals surface area (Å²) in [6.07, 6.45) is 3.27. The molecule has 0 atom stereocenters. The van der Waals surface area contributed by atoms with E-state index in [2.05, 4.69) is 15.6 Å². The quantitative estimate of drug-likeness (QED) is 0.706. The molecule has 0 bridgehead atoms. The van der Waals surface area contributed by atoms with Crippen molar-refractivity contribution >= 4 is 11.7 Å². The summed E-state index contributed by atoms with van der Waals surface area (Å²) in [5.41, 5.74) is 2.14. The van der Waals surface area contributed by atoms with Crippen LogP contribution in [0.5, 0.6) is 11.5 Å². The summed E-state index contributed by atoms with van der Waals surface area (Å²) >= 11 is 0. The third-order valence-electron chi connectivity index (χ3n) is 3.70. The number of nitrogens with zero attached hydrogens (tertiary/aromatic N) is 1. The van der Waals surface area contributed by atoms with Crippen LogP contribution < -0.4 is 20.1 Å². The van der Waals surface area contributed by atoms with Crippen molar-refractivity contribution < 1.29 is 18.7 Å². The minimum atomic E-state index is -0.354. The summed E-state index contributed by atoms with van der Waals surface area (Å²) < 4.78 is 15.9. The van der Waals surface area contributed by atoms with E-state index in [0.29, 0.717) is 35.2 Å². The first-order chi connectivity index (χ1) is 12.7. The molecule has 134 valence electrons. The van der Waals surface area contributed by atoms with Crippen LogP contribution in [0.2, 0.25) is 0 Å². The molecule has 26 heavy (non-hydrogen) atoms. The fraction of sp³-hybridized carbons (Fsp3) is 0.158. The molecule has 0 fully saturated rings. The van der Waals surface area contributed by atoms with Crippen LogP contribution in [0, 0.1) is 0 Å². The number of nitrogens with one attached hydrogen (secondary N) is 2. The molecule has 0 aliphatic carbocycles. The van der Waals surface area contributed by atoms with Crippen molar-refractivity contribution in [1.82, 2.24) is 10.3 Å². The molecule has 0 aliphatic rings. The first kappa shape index (κ1) is 17.3. The van der Waals surface area contributed by atoms with E-state index in [1.165, 1.54) is 7.11 Å². The highest BCUT2D eigenvalue weighted by molar-refractivity contribution is 5.91. The maximum absolute atomic E-state index is 12.2. The van der Waals surface area contributed by atoms with Gasteiger partial charge in [0.15, 0.2) is 17.3 Å². The number of methoxy groups -OCH3 is 2. The molecule has 0 radical (unpaired) electrons. The van der Waals surface area contributed by atoms with E-state index in [1.807, 2.05) is 18.2 Å². The summed E-state index contributed by atoms with van der Waals surface area (Å²) in [7, 11) is 3.07. The highest BCUT2D eigenvalue weighted by atomic mass is 16.5. The lowest BCUT2D eigenvalue weighted by Crippen LogP contribution is -2.28. The zero-order valence-corrected chi connectivity index (χ0v) is 14.5. The number of urea groups is 1. The lowest BCUT2D eigenvalue weighted by molar-refractivity contribution is 0.251. The number of amides is 2. The Balaban J connectivity index is 1.64. The summed E-state index contributed by atoms with van der Waals surface area (Å²) in [4.78, 5) is 16.5. The van der Waals surface area contributed by atoms with Gasteiger partial charge in [0.1, 0.15) is 5.69 Å². The molecular formula is C19H19N3O4. The molecule has 3 aromatic rings. The molecule has 0 spiro atoms. The second-order valence-corrected chi connectivity index (χ2v) is 5.38. The van der Waals surface area contributed by atoms with Gasteiger partial charge >= 0.3 is 6.03 Å². The standard InChI is InChI=1S/C19H19N3O4/c1-24-17-6-3-5-14(18(17)25-2)22-19(23)21-12-13-8-9-20-15(11-13)16-7-4-10-26-16/h3-11H,12H2,1-2H3,(H2,21,22,23). The number of carbonyl (C=O) groups excluding carboxylic acids is 1. The van der Waals surface area contributed by atoms with Crippen LogP contribution >= 0.6 is 0 Å². The van der Waals surface area contributed by atoms with E-state index in [4.69, 9.17) is 13.9 Å². The average Bonchev–Trinajstić information content (AvgIpc) is 3.21. The maximum atomic E-state index is 12.2. The molecule has 7 heteroatoms. The Kier molecular flexibility index (Phi) is 5.38. The fourth-order valence-electron chi connectivity index (χ4n) is 2.48. The van der Waals surface area contributed by atoms with Crippen molar-refractivity contribution in [3.8, 4) is 23.0 Å². The Morgan fingerprint density at radius 2 is 2.04 bits per heavy atom. The minimum absolute atomic E-state index is 0.342. The van der Waals surface area contributed by atoms with Crippen LogP contribution in [0.3, 0.4) is 0 Å². The first-order valence-electron chi connectivity index (χ1n) is 7.96. The van der Waals surface area contributed by atoms with Crippen LogP contribution in [-0.4, -0.2) is 25.2 Å². The Morgan fingerprint density at radius 3 is 2.77 bits per heavy atom. The number of aromatic nitrogens is 1. The van der Waals surface area contributed by atoms with Crippen molar-refractivity contribution in [1.29, 1.82) is 0 Å². The zero-order valence-electron chi connectivity index (χ0n) is 14.5. The van der Waals surface area contributed by atoms with Crippen molar-refractivity contribution in [3.63, 3.8) is 0 Å². The minimum Gasteiger partial charge on any atom is -0.493 e. The number of anilines is 1. The van der Waals surface area contributed by atoms with Gasteiger partial charge in [-0.25, -0.2) is 4.79 Å². The third-order valence-corrected chi connectivity index (χ3v) is 3.70. The molecule has 3 rings (SSSR count). The summed E-state index contributed by atoms with van der Waals surface area (Å²) in [6, 6.07) is 12.3. The van der Waals surface area contributed by atoms with Gasteiger partial charge in [0, 0.05) is 12.7 Å². The Bertz CT molecular complexity index is 878. The predicted molar refractivity (Wildman–Crippen MR) is 97.3 cm³/mol. The van der Waals surface area contributed by atoms with Crippen molar-refractivity contribution in [2.45, 2.75) is 6.54 Å². The van der Waals surface area contributed by atoms with Gasteiger partial charge < -0.3 is 24.5 Å². The second kappa shape index (κ2) is 8.06. The highest BCUT2D eigenvalue weighted by Gasteiger charge is 2.12. The van der Waals surface area contributed by atoms with Crippen molar-refractivity contribution in [2.24, 2.45) is 0 Å². The molecular weight excluding hydrogens is 334 g/mol. The SMILES string of the molecule is COc1cccc(NC(=O)NCc2ccnc(-c3ccco3)c2)c1OC. The molecule has 2 aromatic heterocycles. The van der Waals surface area contributed by atoms with E-state index in [9.17, 15) is 4.79 Å². The summed E-state index contributed by atoms with van der Waals surface area (Å²) in [5.74, 6) is 1.69. The number of benzene rings is 1. The number of rotatable bonds is 6. The summed E-state index contributed by atoms with van der Waals surface area (Å²) in [6.45, 7) is 0.342. The molecule has 2 N–H and O–H groups in total. The highest BCUT2D eigenvalue weighted by Crippen LogP contribution is 2.34. The van der Waals surface area contributed by atoms with E-state index in [-0.39, 0.29) is 6.03 Å². The summed E-state index contributed by atoms with van der Waals surface area (Å²) in [5, 5.41) is 5.56. The molecule has 2 amide bonds. The van der Waals surface area contributed by atoms with Gasteiger partial charge in [0.2, 0.25) is 0 Å². The van der Waals surface area contributed by atoms with Crippen LogP contribution in [0.25, 0.3) is 11.5 Å². The Morgan fingerprint density at radius 1 is 1.15 bits per heavy atom. The smallest absolute Gasteiger partial charge is 0.319 e. The van der Waals surface area contributed by atoms with Gasteiger partial charge in [-0.05, 0) is 42.0 Å². The van der Waals surface area contributed by atoms with E-state index in [0.717, 1.165) is 5.56 Å². The Labute approximate surface area is 151 Å². The lowest BCUT2D eigenvalue weighted by Gasteiger charge is -2.14. The van der Waals surface area contributed by atoms with Gasteiger partial charge in [0.05, 0.1) is 26.2 Å². The van der Waals surface area contributed by atoms with Gasteiger partial charge in [-0.15, -0.1) is 0 Å². The molecule has 1 aromatic carbocycles. The van der Waals surface area contributed by atoms with Crippen LogP contribution in [0.1, 0.15) is 5.56 Å². The number of hydrogen-bond donors (Lipinski definition) is 2.